The number of hydrogen-bond acceptors (Lipinski definition) is 3. The quantitative estimate of drug-likeness (QED) is 0.723. The second kappa shape index (κ2) is 3.89. The topological polar surface area (TPSA) is 40.5 Å². The Hall–Kier alpha value is -1.97. The predicted octanol–water partition coefficient (Wildman–Crippen LogP) is 1.79. The summed E-state index contributed by atoms with van der Waals surface area (Å²) in [6.07, 6.45) is 1.63. The third-order valence-electron chi connectivity index (χ3n) is 2.53. The first-order chi connectivity index (χ1) is 7.67. The Morgan fingerprint density at radius 2 is 2.06 bits per heavy atom. The van der Waals surface area contributed by atoms with E-state index in [0.717, 1.165) is 16.5 Å². The summed E-state index contributed by atoms with van der Waals surface area (Å²) in [6, 6.07) is 5.81. The van der Waals surface area contributed by atoms with E-state index in [9.17, 15) is 4.79 Å². The van der Waals surface area contributed by atoms with Gasteiger partial charge in [0.15, 0.2) is 0 Å². The highest BCUT2D eigenvalue weighted by atomic mass is 16.6. The van der Waals surface area contributed by atoms with Crippen LogP contribution in [0.5, 0.6) is 0 Å². The van der Waals surface area contributed by atoms with Crippen LogP contribution in [0, 0.1) is 6.92 Å². The maximum Gasteiger partial charge on any atom is 0.340 e. The number of esters is 1. The van der Waals surface area contributed by atoms with Crippen LogP contribution in [-0.2, 0) is 4.74 Å². The van der Waals surface area contributed by atoms with E-state index in [0.29, 0.717) is 5.56 Å². The van der Waals surface area contributed by atoms with E-state index in [1.807, 2.05) is 25.1 Å². The summed E-state index contributed by atoms with van der Waals surface area (Å²) in [6.45, 7) is 1.99. The van der Waals surface area contributed by atoms with Gasteiger partial charge in [-0.15, -0.1) is 0 Å². The van der Waals surface area contributed by atoms with Crippen molar-refractivity contribution < 1.29 is 14.4 Å². The Labute approximate surface area is 93.3 Å². The molecule has 0 bridgehead atoms. The van der Waals surface area contributed by atoms with Gasteiger partial charge in [0.05, 0.1) is 24.4 Å². The van der Waals surface area contributed by atoms with Crippen molar-refractivity contribution in [3.8, 4) is 0 Å². The summed E-state index contributed by atoms with van der Waals surface area (Å²) in [5.74, 6) is -0.357. The van der Waals surface area contributed by atoms with Crippen molar-refractivity contribution in [2.75, 3.05) is 14.2 Å². The van der Waals surface area contributed by atoms with Crippen LogP contribution in [0.25, 0.3) is 10.9 Å². The Bertz CT molecular complexity index is 542. The molecule has 0 atom stereocenters. The van der Waals surface area contributed by atoms with Crippen molar-refractivity contribution in [2.24, 2.45) is 0 Å². The monoisotopic (exact) mass is 219 g/mol. The molecule has 0 saturated carbocycles. The number of rotatable bonds is 2. The molecular formula is C12H13NO3. The lowest BCUT2D eigenvalue weighted by Crippen LogP contribution is -2.04. The number of aromatic nitrogens is 1. The van der Waals surface area contributed by atoms with E-state index in [-0.39, 0.29) is 5.97 Å². The average Bonchev–Trinajstić information content (AvgIpc) is 2.66. The lowest BCUT2D eigenvalue weighted by Gasteiger charge is -2.01. The van der Waals surface area contributed by atoms with Gasteiger partial charge in [0.1, 0.15) is 7.11 Å². The summed E-state index contributed by atoms with van der Waals surface area (Å²) < 4.78 is 6.29. The zero-order chi connectivity index (χ0) is 11.7. The van der Waals surface area contributed by atoms with Gasteiger partial charge in [-0.05, 0) is 18.6 Å². The molecule has 0 aliphatic heterocycles. The molecule has 0 amide bonds. The average molecular weight is 219 g/mol. The van der Waals surface area contributed by atoms with E-state index < -0.39 is 0 Å². The minimum Gasteiger partial charge on any atom is -0.465 e. The molecule has 2 aromatic rings. The predicted molar refractivity (Wildman–Crippen MR) is 60.5 cm³/mol. The number of ether oxygens (including phenoxy) is 1. The van der Waals surface area contributed by atoms with Gasteiger partial charge in [-0.3, -0.25) is 0 Å². The Kier molecular flexibility index (Phi) is 2.56. The van der Waals surface area contributed by atoms with Crippen molar-refractivity contribution in [3.63, 3.8) is 0 Å². The molecule has 1 heterocycles. The number of benzene rings is 1. The fourth-order valence-electron chi connectivity index (χ4n) is 1.73. The number of carbonyl (C=O) groups is 1. The largest absolute Gasteiger partial charge is 0.465 e. The van der Waals surface area contributed by atoms with Crippen molar-refractivity contribution in [1.29, 1.82) is 0 Å². The minimum atomic E-state index is -0.357. The second-order valence-electron chi connectivity index (χ2n) is 3.56. The normalized spacial score (nSPS) is 10.4. The molecule has 1 aromatic heterocycles. The molecule has 0 unspecified atom stereocenters. The van der Waals surface area contributed by atoms with Gasteiger partial charge in [0, 0.05) is 5.39 Å². The zero-order valence-corrected chi connectivity index (χ0v) is 9.48. The summed E-state index contributed by atoms with van der Waals surface area (Å²) in [5, 5.41) is 0.833. The van der Waals surface area contributed by atoms with Gasteiger partial charge >= 0.3 is 5.97 Å². The first-order valence-corrected chi connectivity index (χ1v) is 4.92. The van der Waals surface area contributed by atoms with Crippen LogP contribution >= 0.6 is 0 Å². The van der Waals surface area contributed by atoms with E-state index >= 15 is 0 Å². The molecule has 0 saturated heterocycles. The van der Waals surface area contributed by atoms with Gasteiger partial charge in [0.25, 0.3) is 0 Å². The number of carbonyl (C=O) groups excluding carboxylic acids is 1. The summed E-state index contributed by atoms with van der Waals surface area (Å²) in [7, 11) is 2.93. The number of nitrogens with zero attached hydrogens (tertiary/aromatic N) is 1. The third-order valence-corrected chi connectivity index (χ3v) is 2.53. The smallest absolute Gasteiger partial charge is 0.340 e. The van der Waals surface area contributed by atoms with Crippen LogP contribution in [0.4, 0.5) is 0 Å². The molecular weight excluding hydrogens is 206 g/mol. The van der Waals surface area contributed by atoms with Gasteiger partial charge < -0.3 is 9.57 Å². The van der Waals surface area contributed by atoms with Gasteiger partial charge in [-0.1, -0.05) is 12.1 Å². The SMILES string of the molecule is COC(=O)c1cn(OC)c2cc(C)ccc12. The van der Waals surface area contributed by atoms with Gasteiger partial charge in [-0.25, -0.2) is 4.79 Å². The second-order valence-corrected chi connectivity index (χ2v) is 3.56. The molecule has 0 aliphatic carbocycles. The van der Waals surface area contributed by atoms with Crippen LogP contribution in [0.1, 0.15) is 15.9 Å². The van der Waals surface area contributed by atoms with Crippen LogP contribution in [0.2, 0.25) is 0 Å². The number of methoxy groups -OCH3 is 1. The molecule has 0 N–H and O–H groups in total. The third kappa shape index (κ3) is 1.52. The highest BCUT2D eigenvalue weighted by Gasteiger charge is 2.15. The van der Waals surface area contributed by atoms with Crippen molar-refractivity contribution in [2.45, 2.75) is 6.92 Å². The summed E-state index contributed by atoms with van der Waals surface area (Å²) in [5.41, 5.74) is 2.49. The van der Waals surface area contributed by atoms with Crippen LogP contribution in [-0.4, -0.2) is 24.9 Å². The van der Waals surface area contributed by atoms with Crippen molar-refractivity contribution >= 4 is 16.9 Å². The van der Waals surface area contributed by atoms with E-state index in [2.05, 4.69) is 0 Å². The molecule has 0 radical (unpaired) electrons. The zero-order valence-electron chi connectivity index (χ0n) is 9.48. The van der Waals surface area contributed by atoms with E-state index in [1.165, 1.54) is 7.11 Å². The maximum atomic E-state index is 11.6. The standard InChI is InChI=1S/C12H13NO3/c1-8-4-5-9-10(12(14)15-2)7-13(16-3)11(9)6-8/h4-7H,1-3H3. The molecule has 16 heavy (non-hydrogen) atoms. The molecule has 4 nitrogen and oxygen atoms in total. The van der Waals surface area contributed by atoms with Crippen LogP contribution in [0.15, 0.2) is 24.4 Å². The molecule has 0 spiro atoms. The van der Waals surface area contributed by atoms with Crippen LogP contribution in [0.3, 0.4) is 0 Å². The lowest BCUT2D eigenvalue weighted by atomic mass is 10.1. The molecule has 2 rings (SSSR count). The van der Waals surface area contributed by atoms with Gasteiger partial charge in [0.2, 0.25) is 0 Å². The summed E-state index contributed by atoms with van der Waals surface area (Å²) >= 11 is 0. The van der Waals surface area contributed by atoms with Crippen molar-refractivity contribution in [1.82, 2.24) is 4.73 Å². The first-order valence-electron chi connectivity index (χ1n) is 4.92. The summed E-state index contributed by atoms with van der Waals surface area (Å²) in [4.78, 5) is 16.7. The molecule has 84 valence electrons. The highest BCUT2D eigenvalue weighted by molar-refractivity contribution is 6.04. The van der Waals surface area contributed by atoms with Gasteiger partial charge in [-0.2, -0.15) is 4.73 Å². The maximum absolute atomic E-state index is 11.6. The number of fused-ring (bicyclic) bond motifs is 1. The molecule has 0 fully saturated rings. The lowest BCUT2D eigenvalue weighted by molar-refractivity contribution is 0.0600. The Balaban J connectivity index is 2.72. The van der Waals surface area contributed by atoms with E-state index in [4.69, 9.17) is 9.57 Å². The number of hydrogen-bond donors (Lipinski definition) is 0. The Morgan fingerprint density at radius 3 is 2.69 bits per heavy atom. The fraction of sp³-hybridized carbons (Fsp3) is 0.250. The van der Waals surface area contributed by atoms with Crippen LogP contribution < -0.4 is 4.84 Å². The fourth-order valence-corrected chi connectivity index (χ4v) is 1.73. The minimum absolute atomic E-state index is 0.357. The number of aryl methyl sites for hydroxylation is 1. The van der Waals surface area contributed by atoms with E-state index in [1.54, 1.807) is 18.0 Å². The molecule has 1 aromatic carbocycles. The molecule has 0 aliphatic rings. The first kappa shape index (κ1) is 10.5. The Morgan fingerprint density at radius 1 is 1.31 bits per heavy atom. The highest BCUT2D eigenvalue weighted by Crippen LogP contribution is 2.22. The molecule has 4 heteroatoms. The van der Waals surface area contributed by atoms with Crippen molar-refractivity contribution in [3.05, 3.63) is 35.5 Å².